The fraction of sp³-hybridized carbons (Fsp3) is 0.333. The molecule has 2 N–H and O–H groups in total. The minimum absolute atomic E-state index is 0.0310. The fourth-order valence-electron chi connectivity index (χ4n) is 2.99. The van der Waals surface area contributed by atoms with Crippen molar-refractivity contribution >= 4 is 21.2 Å². The second-order valence-electron chi connectivity index (χ2n) is 6.37. The second kappa shape index (κ2) is 7.11. The van der Waals surface area contributed by atoms with Gasteiger partial charge in [0.15, 0.2) is 21.4 Å². The molecular formula is C18H20F2N2O3S. The lowest BCUT2D eigenvalue weighted by molar-refractivity contribution is 0.163. The normalized spacial score (nSPS) is 15.9. The van der Waals surface area contributed by atoms with Crippen molar-refractivity contribution in [2.75, 3.05) is 30.0 Å². The van der Waals surface area contributed by atoms with Gasteiger partial charge in [0.25, 0.3) is 0 Å². The largest absolute Gasteiger partial charge is 0.487 e. The standard InChI is InChI=1S/C18H20F2N2O3S/c1-26(23,24)14-3-4-16(21)17(11-14)22-8-6-13(7-9-22)25-18-5-2-12(19)10-15(18)20/h2-5,10-11,13H,6-9,21H2,1H3. The van der Waals surface area contributed by atoms with Crippen LogP contribution in [0.15, 0.2) is 41.3 Å². The molecule has 0 radical (unpaired) electrons. The molecule has 0 spiro atoms. The summed E-state index contributed by atoms with van der Waals surface area (Å²) in [6.07, 6.45) is 2.17. The second-order valence-corrected chi connectivity index (χ2v) is 8.39. The molecule has 0 aliphatic carbocycles. The fourth-order valence-corrected chi connectivity index (χ4v) is 3.63. The number of nitrogens with zero attached hydrogens (tertiary/aromatic N) is 1. The summed E-state index contributed by atoms with van der Waals surface area (Å²) < 4.78 is 55.8. The lowest BCUT2D eigenvalue weighted by Gasteiger charge is -2.34. The van der Waals surface area contributed by atoms with Crippen LogP contribution >= 0.6 is 0 Å². The van der Waals surface area contributed by atoms with Gasteiger partial charge in [0.1, 0.15) is 11.9 Å². The number of piperidine rings is 1. The topological polar surface area (TPSA) is 72.6 Å². The Kier molecular flexibility index (Phi) is 5.04. The summed E-state index contributed by atoms with van der Waals surface area (Å²) in [4.78, 5) is 2.21. The molecule has 2 aromatic rings. The Morgan fingerprint density at radius 1 is 1.12 bits per heavy atom. The smallest absolute Gasteiger partial charge is 0.175 e. The Morgan fingerprint density at radius 2 is 1.81 bits per heavy atom. The highest BCUT2D eigenvalue weighted by molar-refractivity contribution is 7.90. The zero-order chi connectivity index (χ0) is 18.9. The first-order valence-corrected chi connectivity index (χ1v) is 10.1. The highest BCUT2D eigenvalue weighted by Gasteiger charge is 2.24. The van der Waals surface area contributed by atoms with Gasteiger partial charge in [-0.15, -0.1) is 0 Å². The third-order valence-electron chi connectivity index (χ3n) is 4.40. The predicted octanol–water partition coefficient (Wildman–Crippen LogP) is 3.00. The van der Waals surface area contributed by atoms with E-state index in [1.54, 1.807) is 12.1 Å². The zero-order valence-corrected chi connectivity index (χ0v) is 15.1. The molecule has 0 amide bonds. The lowest BCUT2D eigenvalue weighted by Crippen LogP contribution is -2.38. The molecule has 0 aromatic heterocycles. The van der Waals surface area contributed by atoms with Gasteiger partial charge in [0, 0.05) is 38.3 Å². The highest BCUT2D eigenvalue weighted by atomic mass is 32.2. The van der Waals surface area contributed by atoms with Crippen LogP contribution in [0.25, 0.3) is 0 Å². The molecule has 1 aliphatic heterocycles. The van der Waals surface area contributed by atoms with Crippen molar-refractivity contribution < 1.29 is 21.9 Å². The average molecular weight is 382 g/mol. The molecule has 0 bridgehead atoms. The number of rotatable bonds is 4. The van der Waals surface area contributed by atoms with Gasteiger partial charge in [-0.1, -0.05) is 0 Å². The minimum Gasteiger partial charge on any atom is -0.487 e. The number of nitrogens with two attached hydrogens (primary N) is 1. The van der Waals surface area contributed by atoms with Crippen LogP contribution in [-0.2, 0) is 9.84 Å². The van der Waals surface area contributed by atoms with E-state index in [0.717, 1.165) is 18.4 Å². The van der Waals surface area contributed by atoms with Gasteiger partial charge in [-0.25, -0.2) is 17.2 Å². The summed E-state index contributed by atoms with van der Waals surface area (Å²) in [6, 6.07) is 7.88. The molecule has 2 aromatic carbocycles. The first-order valence-electron chi connectivity index (χ1n) is 8.20. The van der Waals surface area contributed by atoms with Crippen LogP contribution in [-0.4, -0.2) is 33.9 Å². The van der Waals surface area contributed by atoms with E-state index in [-0.39, 0.29) is 16.7 Å². The molecule has 8 heteroatoms. The summed E-state index contributed by atoms with van der Waals surface area (Å²) in [5.41, 5.74) is 7.17. The maximum Gasteiger partial charge on any atom is 0.175 e. The van der Waals surface area contributed by atoms with Crippen LogP contribution in [0.4, 0.5) is 20.2 Å². The van der Waals surface area contributed by atoms with E-state index in [1.165, 1.54) is 12.1 Å². The van der Waals surface area contributed by atoms with E-state index in [9.17, 15) is 17.2 Å². The zero-order valence-electron chi connectivity index (χ0n) is 14.3. The molecule has 1 heterocycles. The molecule has 0 saturated carbocycles. The third-order valence-corrected chi connectivity index (χ3v) is 5.51. The van der Waals surface area contributed by atoms with Crippen molar-refractivity contribution in [2.45, 2.75) is 23.8 Å². The van der Waals surface area contributed by atoms with Gasteiger partial charge in [0.2, 0.25) is 0 Å². The molecular weight excluding hydrogens is 362 g/mol. The Morgan fingerprint density at radius 3 is 2.42 bits per heavy atom. The van der Waals surface area contributed by atoms with E-state index >= 15 is 0 Å². The minimum atomic E-state index is -3.32. The van der Waals surface area contributed by atoms with Gasteiger partial charge in [-0.05, 0) is 30.3 Å². The quantitative estimate of drug-likeness (QED) is 0.823. The maximum absolute atomic E-state index is 13.7. The summed E-state index contributed by atoms with van der Waals surface area (Å²) in [6.45, 7) is 1.18. The highest BCUT2D eigenvalue weighted by Crippen LogP contribution is 2.30. The SMILES string of the molecule is CS(=O)(=O)c1ccc(N)c(N2CCC(Oc3ccc(F)cc3F)CC2)c1. The third kappa shape index (κ3) is 4.07. The van der Waals surface area contributed by atoms with E-state index in [1.807, 2.05) is 4.90 Å². The number of benzene rings is 2. The Balaban J connectivity index is 1.69. The molecule has 5 nitrogen and oxygen atoms in total. The van der Waals surface area contributed by atoms with Crippen LogP contribution in [0.1, 0.15) is 12.8 Å². The molecule has 1 fully saturated rings. The number of sulfone groups is 1. The van der Waals surface area contributed by atoms with Crippen LogP contribution in [0.3, 0.4) is 0 Å². The Bertz CT molecular complexity index is 911. The number of hydrogen-bond donors (Lipinski definition) is 1. The molecule has 0 atom stereocenters. The maximum atomic E-state index is 13.7. The molecule has 3 rings (SSSR count). The van der Waals surface area contributed by atoms with Crippen molar-refractivity contribution in [3.63, 3.8) is 0 Å². The number of halogens is 2. The van der Waals surface area contributed by atoms with Gasteiger partial charge in [-0.2, -0.15) is 0 Å². The molecule has 140 valence electrons. The first kappa shape index (κ1) is 18.4. The molecule has 0 unspecified atom stereocenters. The van der Waals surface area contributed by atoms with E-state index in [2.05, 4.69) is 0 Å². The van der Waals surface area contributed by atoms with Crippen molar-refractivity contribution in [3.8, 4) is 5.75 Å². The number of anilines is 2. The average Bonchev–Trinajstić information content (AvgIpc) is 2.57. The van der Waals surface area contributed by atoms with E-state index < -0.39 is 21.5 Å². The van der Waals surface area contributed by atoms with Crippen LogP contribution < -0.4 is 15.4 Å². The Hall–Kier alpha value is -2.35. The van der Waals surface area contributed by atoms with Crippen molar-refractivity contribution in [2.24, 2.45) is 0 Å². The predicted molar refractivity (Wildman–Crippen MR) is 96.2 cm³/mol. The van der Waals surface area contributed by atoms with Gasteiger partial charge in [-0.3, -0.25) is 0 Å². The number of hydrogen-bond acceptors (Lipinski definition) is 5. The number of nitrogen functional groups attached to an aromatic ring is 1. The van der Waals surface area contributed by atoms with E-state index in [0.29, 0.717) is 37.3 Å². The van der Waals surface area contributed by atoms with Crippen LogP contribution in [0.5, 0.6) is 5.75 Å². The first-order chi connectivity index (χ1) is 12.2. The summed E-state index contributed by atoms with van der Waals surface area (Å²) in [7, 11) is -3.32. The molecule has 26 heavy (non-hydrogen) atoms. The van der Waals surface area contributed by atoms with Crippen molar-refractivity contribution in [1.82, 2.24) is 0 Å². The van der Waals surface area contributed by atoms with Gasteiger partial charge in [0.05, 0.1) is 16.3 Å². The van der Waals surface area contributed by atoms with Crippen molar-refractivity contribution in [3.05, 3.63) is 48.0 Å². The van der Waals surface area contributed by atoms with Crippen molar-refractivity contribution in [1.29, 1.82) is 0 Å². The summed E-state index contributed by atoms with van der Waals surface area (Å²) >= 11 is 0. The van der Waals surface area contributed by atoms with Crippen LogP contribution in [0, 0.1) is 11.6 Å². The summed E-state index contributed by atoms with van der Waals surface area (Å²) in [5, 5.41) is 0. The van der Waals surface area contributed by atoms with Gasteiger partial charge < -0.3 is 15.4 Å². The molecule has 1 saturated heterocycles. The van der Waals surface area contributed by atoms with E-state index in [4.69, 9.17) is 10.5 Å². The number of ether oxygens (including phenoxy) is 1. The Labute approximate surface area is 151 Å². The molecule has 1 aliphatic rings. The monoisotopic (exact) mass is 382 g/mol. The lowest BCUT2D eigenvalue weighted by atomic mass is 10.1. The van der Waals surface area contributed by atoms with Gasteiger partial charge >= 0.3 is 0 Å². The summed E-state index contributed by atoms with van der Waals surface area (Å²) in [5.74, 6) is -1.34. The van der Waals surface area contributed by atoms with Crippen LogP contribution in [0.2, 0.25) is 0 Å².